The maximum absolute atomic E-state index is 12.4. The molecule has 1 aliphatic rings. The van der Waals surface area contributed by atoms with Crippen LogP contribution in [0.5, 0.6) is 0 Å². The van der Waals surface area contributed by atoms with Gasteiger partial charge in [-0.25, -0.2) is 0 Å². The molecular formula is C15H22N2O2. The second-order valence-corrected chi connectivity index (χ2v) is 5.06. The van der Waals surface area contributed by atoms with Crippen molar-refractivity contribution in [1.29, 1.82) is 0 Å². The first-order valence-electron chi connectivity index (χ1n) is 6.89. The van der Waals surface area contributed by atoms with E-state index < -0.39 is 0 Å². The van der Waals surface area contributed by atoms with E-state index >= 15 is 0 Å². The average Bonchev–Trinajstić information content (AvgIpc) is 2.48. The largest absolute Gasteiger partial charge is 0.381 e. The van der Waals surface area contributed by atoms with E-state index in [1.807, 2.05) is 24.3 Å². The molecule has 0 saturated carbocycles. The summed E-state index contributed by atoms with van der Waals surface area (Å²) in [6, 6.07) is 7.72. The molecule has 0 unspecified atom stereocenters. The molecule has 1 aromatic carbocycles. The molecule has 3 N–H and O–H groups in total. The Morgan fingerprint density at radius 3 is 2.68 bits per heavy atom. The van der Waals surface area contributed by atoms with E-state index in [1.54, 1.807) is 0 Å². The van der Waals surface area contributed by atoms with E-state index in [4.69, 9.17) is 10.5 Å². The molecule has 1 heterocycles. The van der Waals surface area contributed by atoms with E-state index in [1.165, 1.54) is 0 Å². The van der Waals surface area contributed by atoms with Gasteiger partial charge in [0.1, 0.15) is 0 Å². The second-order valence-electron chi connectivity index (χ2n) is 5.06. The van der Waals surface area contributed by atoms with E-state index in [2.05, 4.69) is 12.2 Å². The number of hydrogen-bond donors (Lipinski definition) is 2. The standard InChI is InChI=1S/C15H22N2O2/c1-2-12-5-3-4-6-13(12)14(18)17-15(11-16)7-9-19-10-8-15/h3-6H,2,7-11,16H2,1H3,(H,17,18). The highest BCUT2D eigenvalue weighted by atomic mass is 16.5. The zero-order valence-electron chi connectivity index (χ0n) is 11.4. The van der Waals surface area contributed by atoms with Crippen molar-refractivity contribution in [2.24, 2.45) is 5.73 Å². The highest BCUT2D eigenvalue weighted by Crippen LogP contribution is 2.21. The smallest absolute Gasteiger partial charge is 0.252 e. The summed E-state index contributed by atoms with van der Waals surface area (Å²) in [4.78, 5) is 12.4. The first-order valence-corrected chi connectivity index (χ1v) is 6.89. The molecule has 0 spiro atoms. The first kappa shape index (κ1) is 14.0. The van der Waals surface area contributed by atoms with Gasteiger partial charge in [0.2, 0.25) is 0 Å². The van der Waals surface area contributed by atoms with Crippen molar-refractivity contribution in [3.63, 3.8) is 0 Å². The summed E-state index contributed by atoms with van der Waals surface area (Å²) in [5.41, 5.74) is 7.38. The highest BCUT2D eigenvalue weighted by Gasteiger charge is 2.33. The van der Waals surface area contributed by atoms with Crippen LogP contribution in [0.3, 0.4) is 0 Å². The lowest BCUT2D eigenvalue weighted by Gasteiger charge is -2.37. The van der Waals surface area contributed by atoms with Gasteiger partial charge in [-0.2, -0.15) is 0 Å². The molecule has 0 aliphatic carbocycles. The number of hydrogen-bond acceptors (Lipinski definition) is 3. The third-order valence-corrected chi connectivity index (χ3v) is 3.86. The highest BCUT2D eigenvalue weighted by molar-refractivity contribution is 5.96. The summed E-state index contributed by atoms with van der Waals surface area (Å²) in [7, 11) is 0. The number of ether oxygens (including phenoxy) is 1. The summed E-state index contributed by atoms with van der Waals surface area (Å²) < 4.78 is 5.35. The van der Waals surface area contributed by atoms with Gasteiger partial charge in [0.05, 0.1) is 5.54 Å². The molecule has 1 aliphatic heterocycles. The minimum absolute atomic E-state index is 0.0233. The Hall–Kier alpha value is -1.39. The van der Waals surface area contributed by atoms with Gasteiger partial charge < -0.3 is 15.8 Å². The Morgan fingerprint density at radius 2 is 2.05 bits per heavy atom. The maximum Gasteiger partial charge on any atom is 0.252 e. The molecule has 2 rings (SSSR count). The van der Waals surface area contributed by atoms with Crippen molar-refractivity contribution in [3.8, 4) is 0 Å². The average molecular weight is 262 g/mol. The van der Waals surface area contributed by atoms with Gasteiger partial charge in [0.25, 0.3) is 5.91 Å². The maximum atomic E-state index is 12.4. The number of rotatable bonds is 4. The molecule has 1 aromatic rings. The number of carbonyl (C=O) groups is 1. The third-order valence-electron chi connectivity index (χ3n) is 3.86. The number of nitrogens with two attached hydrogens (primary N) is 1. The van der Waals surface area contributed by atoms with E-state index in [0.717, 1.165) is 30.4 Å². The van der Waals surface area contributed by atoms with Crippen molar-refractivity contribution >= 4 is 5.91 Å². The van der Waals surface area contributed by atoms with Crippen LogP contribution in [0.4, 0.5) is 0 Å². The van der Waals surface area contributed by atoms with Crippen LogP contribution in [0.2, 0.25) is 0 Å². The van der Waals surface area contributed by atoms with Gasteiger partial charge >= 0.3 is 0 Å². The lowest BCUT2D eigenvalue weighted by atomic mass is 9.89. The Kier molecular flexibility index (Phi) is 4.56. The molecule has 0 bridgehead atoms. The molecular weight excluding hydrogens is 240 g/mol. The van der Waals surface area contributed by atoms with Crippen LogP contribution < -0.4 is 11.1 Å². The molecule has 1 fully saturated rings. The Balaban J connectivity index is 2.15. The van der Waals surface area contributed by atoms with Crippen molar-refractivity contribution in [2.45, 2.75) is 31.7 Å². The molecule has 1 saturated heterocycles. The molecule has 19 heavy (non-hydrogen) atoms. The van der Waals surface area contributed by atoms with Gasteiger partial charge in [-0.1, -0.05) is 25.1 Å². The van der Waals surface area contributed by atoms with Crippen molar-refractivity contribution < 1.29 is 9.53 Å². The van der Waals surface area contributed by atoms with Gasteiger partial charge in [0, 0.05) is 25.3 Å². The number of nitrogens with one attached hydrogen (secondary N) is 1. The quantitative estimate of drug-likeness (QED) is 0.864. The van der Waals surface area contributed by atoms with Crippen molar-refractivity contribution in [1.82, 2.24) is 5.32 Å². The van der Waals surface area contributed by atoms with E-state index in [-0.39, 0.29) is 11.4 Å². The van der Waals surface area contributed by atoms with Crippen LogP contribution in [0, 0.1) is 0 Å². The van der Waals surface area contributed by atoms with Crippen molar-refractivity contribution in [2.75, 3.05) is 19.8 Å². The van der Waals surface area contributed by atoms with Crippen LogP contribution in [-0.2, 0) is 11.2 Å². The summed E-state index contributed by atoms with van der Waals surface area (Å²) in [6.45, 7) is 3.83. The molecule has 104 valence electrons. The van der Waals surface area contributed by atoms with Crippen LogP contribution >= 0.6 is 0 Å². The SMILES string of the molecule is CCc1ccccc1C(=O)NC1(CN)CCOCC1. The molecule has 4 nitrogen and oxygen atoms in total. The third kappa shape index (κ3) is 3.14. The van der Waals surface area contributed by atoms with Gasteiger partial charge in [-0.15, -0.1) is 0 Å². The minimum Gasteiger partial charge on any atom is -0.381 e. The van der Waals surface area contributed by atoms with E-state index in [9.17, 15) is 4.79 Å². The van der Waals surface area contributed by atoms with Gasteiger partial charge in [0.15, 0.2) is 0 Å². The number of amides is 1. The monoisotopic (exact) mass is 262 g/mol. The van der Waals surface area contributed by atoms with Crippen LogP contribution in [0.15, 0.2) is 24.3 Å². The molecule has 0 atom stereocenters. The topological polar surface area (TPSA) is 64.4 Å². The zero-order valence-corrected chi connectivity index (χ0v) is 11.4. The second kappa shape index (κ2) is 6.17. The fourth-order valence-electron chi connectivity index (χ4n) is 2.50. The zero-order chi connectivity index (χ0) is 13.7. The Bertz CT molecular complexity index is 440. The summed E-state index contributed by atoms with van der Waals surface area (Å²) in [5, 5.41) is 3.13. The predicted octanol–water partition coefficient (Wildman–Crippen LogP) is 1.49. The molecule has 0 aromatic heterocycles. The van der Waals surface area contributed by atoms with Gasteiger partial charge in [-0.05, 0) is 30.9 Å². The van der Waals surface area contributed by atoms with Crippen LogP contribution in [0.25, 0.3) is 0 Å². The molecule has 0 radical (unpaired) electrons. The molecule has 1 amide bonds. The first-order chi connectivity index (χ1) is 9.21. The number of aryl methyl sites for hydroxylation is 1. The number of benzene rings is 1. The van der Waals surface area contributed by atoms with Crippen LogP contribution in [-0.4, -0.2) is 31.2 Å². The number of carbonyl (C=O) groups excluding carboxylic acids is 1. The normalized spacial score (nSPS) is 18.0. The fourth-order valence-corrected chi connectivity index (χ4v) is 2.50. The summed E-state index contributed by atoms with van der Waals surface area (Å²) in [6.07, 6.45) is 2.41. The summed E-state index contributed by atoms with van der Waals surface area (Å²) >= 11 is 0. The Labute approximate surface area is 114 Å². The van der Waals surface area contributed by atoms with Crippen LogP contribution in [0.1, 0.15) is 35.7 Å². The summed E-state index contributed by atoms with van der Waals surface area (Å²) in [5.74, 6) is -0.0233. The predicted molar refractivity (Wildman–Crippen MR) is 75.1 cm³/mol. The fraction of sp³-hybridized carbons (Fsp3) is 0.533. The lowest BCUT2D eigenvalue weighted by molar-refractivity contribution is 0.0388. The molecule has 4 heteroatoms. The Morgan fingerprint density at radius 1 is 1.37 bits per heavy atom. The van der Waals surface area contributed by atoms with Gasteiger partial charge in [-0.3, -0.25) is 4.79 Å². The van der Waals surface area contributed by atoms with Crippen molar-refractivity contribution in [3.05, 3.63) is 35.4 Å². The minimum atomic E-state index is -0.309. The lowest BCUT2D eigenvalue weighted by Crippen LogP contribution is -2.56. The van der Waals surface area contributed by atoms with E-state index in [0.29, 0.717) is 19.8 Å².